The van der Waals surface area contributed by atoms with Gasteiger partial charge in [-0.1, -0.05) is 0 Å². The molecule has 0 aliphatic carbocycles. The van der Waals surface area contributed by atoms with Gasteiger partial charge in [-0.3, -0.25) is 0 Å². The van der Waals surface area contributed by atoms with Gasteiger partial charge in [0.1, 0.15) is 5.82 Å². The summed E-state index contributed by atoms with van der Waals surface area (Å²) in [5.74, 6) is -0.863. The maximum Gasteiger partial charge on any atom is 0.180 e. The predicted octanol–water partition coefficient (Wildman–Crippen LogP) is 2.00. The molecule has 0 atom stereocenters. The first-order valence-corrected chi connectivity index (χ1v) is 7.18. The fraction of sp³-hybridized carbons (Fsp3) is 0.500. The Morgan fingerprint density at radius 3 is 2.39 bits per heavy atom. The molecule has 1 aromatic rings. The highest BCUT2D eigenvalue weighted by Gasteiger charge is 2.18. The van der Waals surface area contributed by atoms with Crippen molar-refractivity contribution in [3.63, 3.8) is 0 Å². The molecule has 0 radical (unpaired) electrons. The Morgan fingerprint density at radius 1 is 1.28 bits per heavy atom. The molecule has 0 saturated carbocycles. The number of ether oxygens (including phenoxy) is 1. The zero-order chi connectivity index (χ0) is 14.0. The number of nitrogen functional groups attached to an aromatic ring is 1. The van der Waals surface area contributed by atoms with Gasteiger partial charge in [0.2, 0.25) is 0 Å². The molecule has 0 aromatic heterocycles. The van der Waals surface area contributed by atoms with E-state index in [4.69, 9.17) is 10.5 Å². The summed E-state index contributed by atoms with van der Waals surface area (Å²) in [6.45, 7) is 5.56. The van der Waals surface area contributed by atoms with E-state index < -0.39 is 21.3 Å². The molecule has 0 bridgehead atoms. The number of hydrogen-bond donors (Lipinski definition) is 1. The topological polar surface area (TPSA) is 69.4 Å². The van der Waals surface area contributed by atoms with Gasteiger partial charge in [-0.05, 0) is 39.0 Å². The molecule has 0 amide bonds. The molecule has 4 nitrogen and oxygen atoms in total. The number of anilines is 1. The van der Waals surface area contributed by atoms with Crippen molar-refractivity contribution in [1.29, 1.82) is 0 Å². The van der Waals surface area contributed by atoms with E-state index in [9.17, 15) is 12.8 Å². The second-order valence-electron chi connectivity index (χ2n) is 5.00. The standard InChI is InChI=1S/C12H18FNO3S/c1-12(2,3)17-4-5-18(15,16)11-7-9(13)6-10(14)8-11/h6-8H,4-5,14H2,1-3H3. The van der Waals surface area contributed by atoms with E-state index in [1.807, 2.05) is 20.8 Å². The normalized spacial score (nSPS) is 12.7. The van der Waals surface area contributed by atoms with E-state index in [0.29, 0.717) is 0 Å². The van der Waals surface area contributed by atoms with E-state index in [1.165, 1.54) is 6.07 Å². The highest BCUT2D eigenvalue weighted by Crippen LogP contribution is 2.17. The lowest BCUT2D eigenvalue weighted by Gasteiger charge is -2.19. The van der Waals surface area contributed by atoms with Gasteiger partial charge < -0.3 is 10.5 Å². The van der Waals surface area contributed by atoms with Crippen molar-refractivity contribution in [3.8, 4) is 0 Å². The van der Waals surface area contributed by atoms with Crippen LogP contribution in [-0.2, 0) is 14.6 Å². The van der Waals surface area contributed by atoms with E-state index in [-0.39, 0.29) is 22.9 Å². The molecule has 0 spiro atoms. The molecule has 6 heteroatoms. The second-order valence-corrected chi connectivity index (χ2v) is 7.11. The molecule has 2 N–H and O–H groups in total. The molecule has 1 rings (SSSR count). The van der Waals surface area contributed by atoms with Crippen molar-refractivity contribution in [2.45, 2.75) is 31.3 Å². The van der Waals surface area contributed by atoms with Crippen LogP contribution in [0.15, 0.2) is 23.1 Å². The van der Waals surface area contributed by atoms with Crippen molar-refractivity contribution < 1.29 is 17.5 Å². The molecule has 102 valence electrons. The summed E-state index contributed by atoms with van der Waals surface area (Å²) in [7, 11) is -3.57. The minimum Gasteiger partial charge on any atom is -0.399 e. The van der Waals surface area contributed by atoms with Crippen LogP contribution in [0.5, 0.6) is 0 Å². The fourth-order valence-electron chi connectivity index (χ4n) is 1.34. The summed E-state index contributed by atoms with van der Waals surface area (Å²) in [4.78, 5) is -0.113. The van der Waals surface area contributed by atoms with Crippen molar-refractivity contribution in [3.05, 3.63) is 24.0 Å². The SMILES string of the molecule is CC(C)(C)OCCS(=O)(=O)c1cc(N)cc(F)c1. The number of benzene rings is 1. The average Bonchev–Trinajstić information content (AvgIpc) is 2.13. The van der Waals surface area contributed by atoms with Gasteiger partial charge in [-0.2, -0.15) is 0 Å². The lowest BCUT2D eigenvalue weighted by molar-refractivity contribution is 0.00644. The van der Waals surface area contributed by atoms with Gasteiger partial charge in [-0.25, -0.2) is 12.8 Å². The Labute approximate surface area is 107 Å². The summed E-state index contributed by atoms with van der Waals surface area (Å²) in [5, 5.41) is 0. The molecule has 0 heterocycles. The molecule has 1 aromatic carbocycles. The zero-order valence-electron chi connectivity index (χ0n) is 10.7. The minimum atomic E-state index is -3.57. The van der Waals surface area contributed by atoms with Gasteiger partial charge in [0.15, 0.2) is 9.84 Å². The lowest BCUT2D eigenvalue weighted by atomic mass is 10.2. The zero-order valence-corrected chi connectivity index (χ0v) is 11.6. The predicted molar refractivity (Wildman–Crippen MR) is 68.6 cm³/mol. The van der Waals surface area contributed by atoms with Crippen LogP contribution in [0.4, 0.5) is 10.1 Å². The van der Waals surface area contributed by atoms with Crippen LogP contribution in [0, 0.1) is 5.82 Å². The quantitative estimate of drug-likeness (QED) is 0.853. The number of rotatable bonds is 4. The van der Waals surface area contributed by atoms with Crippen LogP contribution in [0.3, 0.4) is 0 Å². The van der Waals surface area contributed by atoms with Gasteiger partial charge in [0.05, 0.1) is 22.9 Å². The molecule has 0 aliphatic heterocycles. The van der Waals surface area contributed by atoms with Crippen LogP contribution in [0.2, 0.25) is 0 Å². The van der Waals surface area contributed by atoms with Crippen LogP contribution >= 0.6 is 0 Å². The first kappa shape index (κ1) is 14.9. The molecule has 18 heavy (non-hydrogen) atoms. The molecular weight excluding hydrogens is 257 g/mol. The van der Waals surface area contributed by atoms with Crippen LogP contribution in [0.1, 0.15) is 20.8 Å². The van der Waals surface area contributed by atoms with Crippen LogP contribution in [-0.4, -0.2) is 26.4 Å². The summed E-state index contributed by atoms with van der Waals surface area (Å²) in [6.07, 6.45) is 0. The number of hydrogen-bond acceptors (Lipinski definition) is 4. The van der Waals surface area contributed by atoms with E-state index in [0.717, 1.165) is 12.1 Å². The Bertz CT molecular complexity index is 500. The number of sulfone groups is 1. The monoisotopic (exact) mass is 275 g/mol. The Hall–Kier alpha value is -1.14. The second kappa shape index (κ2) is 5.24. The molecule has 0 saturated heterocycles. The maximum atomic E-state index is 13.1. The highest BCUT2D eigenvalue weighted by atomic mass is 32.2. The van der Waals surface area contributed by atoms with Crippen LogP contribution < -0.4 is 5.73 Å². The summed E-state index contributed by atoms with van der Waals surface area (Å²) < 4.78 is 42.3. The largest absolute Gasteiger partial charge is 0.399 e. The van der Waals surface area contributed by atoms with Crippen molar-refractivity contribution in [2.24, 2.45) is 0 Å². The van der Waals surface area contributed by atoms with E-state index in [1.54, 1.807) is 0 Å². The smallest absolute Gasteiger partial charge is 0.180 e. The third-order valence-corrected chi connectivity index (χ3v) is 3.80. The van der Waals surface area contributed by atoms with Crippen molar-refractivity contribution >= 4 is 15.5 Å². The first-order valence-electron chi connectivity index (χ1n) is 5.53. The Balaban J connectivity index is 2.80. The average molecular weight is 275 g/mol. The fourth-order valence-corrected chi connectivity index (χ4v) is 2.49. The third kappa shape index (κ3) is 4.62. The first-order chi connectivity index (χ1) is 8.10. The minimum absolute atomic E-state index is 0.0578. The maximum absolute atomic E-state index is 13.1. The molecule has 0 fully saturated rings. The lowest BCUT2D eigenvalue weighted by Crippen LogP contribution is -2.23. The number of halogens is 1. The third-order valence-electron chi connectivity index (χ3n) is 2.14. The summed E-state index contributed by atoms with van der Waals surface area (Å²) in [6, 6.07) is 3.28. The summed E-state index contributed by atoms with van der Waals surface area (Å²) in [5.41, 5.74) is 5.10. The van der Waals surface area contributed by atoms with E-state index in [2.05, 4.69) is 0 Å². The molecule has 0 aliphatic rings. The van der Waals surface area contributed by atoms with Gasteiger partial charge >= 0.3 is 0 Å². The van der Waals surface area contributed by atoms with Gasteiger partial charge in [0, 0.05) is 5.69 Å². The van der Waals surface area contributed by atoms with Gasteiger partial charge in [-0.15, -0.1) is 0 Å². The molecule has 0 unspecified atom stereocenters. The number of nitrogens with two attached hydrogens (primary N) is 1. The Morgan fingerprint density at radius 2 is 1.89 bits per heavy atom. The van der Waals surface area contributed by atoms with Gasteiger partial charge in [0.25, 0.3) is 0 Å². The van der Waals surface area contributed by atoms with Crippen LogP contribution in [0.25, 0.3) is 0 Å². The summed E-state index contributed by atoms with van der Waals surface area (Å²) >= 11 is 0. The van der Waals surface area contributed by atoms with Crippen molar-refractivity contribution in [1.82, 2.24) is 0 Å². The highest BCUT2D eigenvalue weighted by molar-refractivity contribution is 7.91. The Kier molecular flexibility index (Phi) is 4.34. The van der Waals surface area contributed by atoms with Crippen molar-refractivity contribution in [2.75, 3.05) is 18.1 Å². The molecular formula is C12H18FNO3S. The van der Waals surface area contributed by atoms with E-state index >= 15 is 0 Å².